The minimum atomic E-state index is -0.896. The fourth-order valence-electron chi connectivity index (χ4n) is 4.76. The summed E-state index contributed by atoms with van der Waals surface area (Å²) < 4.78 is 38.5. The number of methoxy groups -OCH3 is 6. The van der Waals surface area contributed by atoms with Crippen molar-refractivity contribution in [3.63, 3.8) is 0 Å². The van der Waals surface area contributed by atoms with E-state index in [0.29, 0.717) is 23.6 Å². The molecule has 0 unspecified atom stereocenters. The van der Waals surface area contributed by atoms with E-state index in [1.165, 1.54) is 48.7 Å². The molecule has 0 spiro atoms. The van der Waals surface area contributed by atoms with Crippen LogP contribution in [-0.4, -0.2) is 90.8 Å². The van der Waals surface area contributed by atoms with Gasteiger partial charge in [0.1, 0.15) is 17.9 Å². The number of phenols is 1. The Balaban J connectivity index is 2.51. The van der Waals surface area contributed by atoms with E-state index in [4.69, 9.17) is 33.2 Å². The maximum Gasteiger partial charge on any atom is 0.342 e. The molecule has 11 nitrogen and oxygen atoms in total. The number of rotatable bonds is 13. The number of esters is 2. The van der Waals surface area contributed by atoms with Gasteiger partial charge in [-0.05, 0) is 36.9 Å². The van der Waals surface area contributed by atoms with Crippen LogP contribution in [0.5, 0.6) is 34.5 Å². The first kappa shape index (κ1) is 31.2. The fourth-order valence-corrected chi connectivity index (χ4v) is 4.76. The molecule has 0 bridgehead atoms. The Labute approximate surface area is 239 Å². The number of likely N-dealkylation sites (N-methyl/N-ethyl adjacent to an activating group) is 1. The van der Waals surface area contributed by atoms with Crippen LogP contribution in [0.15, 0.2) is 24.3 Å². The summed E-state index contributed by atoms with van der Waals surface area (Å²) in [4.78, 5) is 29.1. The van der Waals surface area contributed by atoms with Crippen LogP contribution in [0.1, 0.15) is 34.6 Å². The molecule has 0 atom stereocenters. The Kier molecular flexibility index (Phi) is 10.5. The molecule has 41 heavy (non-hydrogen) atoms. The molecule has 0 amide bonds. The van der Waals surface area contributed by atoms with E-state index < -0.39 is 17.7 Å². The van der Waals surface area contributed by atoms with Crippen LogP contribution in [0.4, 0.5) is 0 Å². The predicted octanol–water partition coefficient (Wildman–Crippen LogP) is 4.54. The SMILES string of the molecule is CCN(CC)CCOC(=O)c1c(C(=O)OC)c(-c2ccc(OC)c(OC)c2)c2c(OC)c(OC)c(OC)cc2c1O. The minimum Gasteiger partial charge on any atom is -0.506 e. The Morgan fingerprint density at radius 1 is 0.756 bits per heavy atom. The zero-order valence-electron chi connectivity index (χ0n) is 24.7. The van der Waals surface area contributed by atoms with Gasteiger partial charge in [0.2, 0.25) is 5.75 Å². The summed E-state index contributed by atoms with van der Waals surface area (Å²) in [7, 11) is 8.44. The number of carbonyl (C=O) groups excluding carboxylic acids is 2. The number of nitrogens with zero attached hydrogens (tertiary/aromatic N) is 1. The minimum absolute atomic E-state index is 0.0412. The van der Waals surface area contributed by atoms with Crippen LogP contribution < -0.4 is 23.7 Å². The van der Waals surface area contributed by atoms with Crippen molar-refractivity contribution in [1.82, 2.24) is 4.90 Å². The van der Waals surface area contributed by atoms with Crippen LogP contribution in [0.3, 0.4) is 0 Å². The molecule has 0 radical (unpaired) electrons. The zero-order chi connectivity index (χ0) is 30.3. The molecule has 1 N–H and O–H groups in total. The summed E-state index contributed by atoms with van der Waals surface area (Å²) in [6.07, 6.45) is 0. The molecule has 0 saturated carbocycles. The van der Waals surface area contributed by atoms with Gasteiger partial charge in [-0.1, -0.05) is 19.9 Å². The van der Waals surface area contributed by atoms with Crippen LogP contribution >= 0.6 is 0 Å². The molecule has 3 aromatic rings. The van der Waals surface area contributed by atoms with Crippen LogP contribution in [-0.2, 0) is 9.47 Å². The topological polar surface area (TPSA) is 122 Å². The molecule has 0 saturated heterocycles. The molecular weight excluding hydrogens is 534 g/mol. The molecule has 0 aliphatic carbocycles. The average Bonchev–Trinajstić information content (AvgIpc) is 3.00. The van der Waals surface area contributed by atoms with Gasteiger partial charge in [-0.25, -0.2) is 9.59 Å². The molecule has 0 fully saturated rings. The van der Waals surface area contributed by atoms with Gasteiger partial charge in [-0.15, -0.1) is 0 Å². The van der Waals surface area contributed by atoms with Gasteiger partial charge in [-0.3, -0.25) is 0 Å². The molecular formula is C30H37NO10. The van der Waals surface area contributed by atoms with Crippen LogP contribution in [0.2, 0.25) is 0 Å². The summed E-state index contributed by atoms with van der Waals surface area (Å²) in [5.74, 6) is -0.852. The normalized spacial score (nSPS) is 10.9. The van der Waals surface area contributed by atoms with Crippen molar-refractivity contribution in [1.29, 1.82) is 0 Å². The largest absolute Gasteiger partial charge is 0.506 e. The lowest BCUT2D eigenvalue weighted by molar-refractivity contribution is 0.0449. The second-order valence-electron chi connectivity index (χ2n) is 8.77. The fraction of sp³-hybridized carbons (Fsp3) is 0.400. The van der Waals surface area contributed by atoms with Gasteiger partial charge in [0.15, 0.2) is 23.0 Å². The highest BCUT2D eigenvalue weighted by Gasteiger charge is 2.34. The zero-order valence-corrected chi connectivity index (χ0v) is 24.7. The highest BCUT2D eigenvalue weighted by molar-refractivity contribution is 6.20. The standard InChI is InChI=1S/C30H37NO10/c1-9-31(10-2)13-14-41-30(34)25-24(29(33)40-8)22(17-11-12-19(35-3)20(15-17)36-4)23-18(26(25)32)16-21(37-5)27(38-6)28(23)39-7/h11-12,15-16,32H,9-10,13-14H2,1-8H3. The molecule has 0 aliphatic rings. The van der Waals surface area contributed by atoms with E-state index in [-0.39, 0.29) is 51.3 Å². The van der Waals surface area contributed by atoms with Gasteiger partial charge in [0.05, 0.1) is 48.2 Å². The summed E-state index contributed by atoms with van der Waals surface area (Å²) in [6.45, 7) is 6.06. The maximum absolute atomic E-state index is 13.6. The Hall–Kier alpha value is -4.38. The van der Waals surface area contributed by atoms with E-state index >= 15 is 0 Å². The Morgan fingerprint density at radius 3 is 1.93 bits per heavy atom. The van der Waals surface area contributed by atoms with E-state index in [0.717, 1.165) is 13.1 Å². The number of benzene rings is 3. The number of fused-ring (bicyclic) bond motifs is 1. The first-order valence-electron chi connectivity index (χ1n) is 13.0. The third kappa shape index (κ3) is 5.90. The van der Waals surface area contributed by atoms with Gasteiger partial charge in [-0.2, -0.15) is 0 Å². The number of carbonyl (C=O) groups is 2. The monoisotopic (exact) mass is 571 g/mol. The van der Waals surface area contributed by atoms with E-state index in [1.807, 2.05) is 13.8 Å². The number of hydrogen-bond acceptors (Lipinski definition) is 11. The number of hydrogen-bond donors (Lipinski definition) is 1. The van der Waals surface area contributed by atoms with Gasteiger partial charge in [0, 0.05) is 22.9 Å². The maximum atomic E-state index is 13.6. The molecule has 3 aromatic carbocycles. The molecule has 0 aromatic heterocycles. The molecule has 3 rings (SSSR count). The van der Waals surface area contributed by atoms with E-state index in [9.17, 15) is 14.7 Å². The lowest BCUT2D eigenvalue weighted by Crippen LogP contribution is -2.28. The molecule has 0 aliphatic heterocycles. The number of ether oxygens (including phenoxy) is 7. The highest BCUT2D eigenvalue weighted by atomic mass is 16.5. The summed E-state index contributed by atoms with van der Waals surface area (Å²) in [5, 5.41) is 12.0. The van der Waals surface area contributed by atoms with E-state index in [1.54, 1.807) is 18.2 Å². The van der Waals surface area contributed by atoms with Gasteiger partial charge in [0.25, 0.3) is 0 Å². The van der Waals surface area contributed by atoms with Crippen molar-refractivity contribution in [2.45, 2.75) is 13.8 Å². The first-order valence-corrected chi connectivity index (χ1v) is 13.0. The smallest absolute Gasteiger partial charge is 0.342 e. The average molecular weight is 572 g/mol. The number of phenolic OH excluding ortho intramolecular Hbond substituents is 1. The quantitative estimate of drug-likeness (QED) is 0.291. The first-order chi connectivity index (χ1) is 19.8. The van der Waals surface area contributed by atoms with Gasteiger partial charge < -0.3 is 43.2 Å². The predicted molar refractivity (Wildman–Crippen MR) is 153 cm³/mol. The van der Waals surface area contributed by atoms with Crippen molar-refractivity contribution in [2.75, 3.05) is 68.9 Å². The Bertz CT molecular complexity index is 1410. The van der Waals surface area contributed by atoms with Crippen LogP contribution in [0.25, 0.3) is 21.9 Å². The van der Waals surface area contributed by atoms with Crippen molar-refractivity contribution in [2.24, 2.45) is 0 Å². The van der Waals surface area contributed by atoms with Gasteiger partial charge >= 0.3 is 11.9 Å². The van der Waals surface area contributed by atoms with Crippen molar-refractivity contribution in [3.05, 3.63) is 35.4 Å². The molecule has 222 valence electrons. The second kappa shape index (κ2) is 13.8. The molecule has 0 heterocycles. The van der Waals surface area contributed by atoms with Crippen LogP contribution in [0, 0.1) is 0 Å². The van der Waals surface area contributed by atoms with Crippen molar-refractivity contribution >= 4 is 22.7 Å². The van der Waals surface area contributed by atoms with E-state index in [2.05, 4.69) is 4.90 Å². The second-order valence-corrected chi connectivity index (χ2v) is 8.77. The van der Waals surface area contributed by atoms with Crippen molar-refractivity contribution < 1.29 is 47.9 Å². The number of aromatic hydroxyl groups is 1. The Morgan fingerprint density at radius 2 is 1.39 bits per heavy atom. The molecule has 11 heteroatoms. The van der Waals surface area contributed by atoms with Crippen molar-refractivity contribution in [3.8, 4) is 45.6 Å². The summed E-state index contributed by atoms with van der Waals surface area (Å²) >= 11 is 0. The summed E-state index contributed by atoms with van der Waals surface area (Å²) in [5.41, 5.74) is 0.0842. The third-order valence-corrected chi connectivity index (χ3v) is 6.87. The lowest BCUT2D eigenvalue weighted by atomic mass is 9.87. The highest BCUT2D eigenvalue weighted by Crippen LogP contribution is 2.52. The third-order valence-electron chi connectivity index (χ3n) is 6.87. The summed E-state index contributed by atoms with van der Waals surface area (Å²) in [6, 6.07) is 6.49. The lowest BCUT2D eigenvalue weighted by Gasteiger charge is -2.23.